The number of rotatable bonds is 4. The summed E-state index contributed by atoms with van der Waals surface area (Å²) >= 11 is 1.33. The van der Waals surface area contributed by atoms with E-state index in [2.05, 4.69) is 9.97 Å². The Kier molecular flexibility index (Phi) is 4.11. The van der Waals surface area contributed by atoms with E-state index < -0.39 is 0 Å². The van der Waals surface area contributed by atoms with Crippen LogP contribution in [0.5, 0.6) is 0 Å². The monoisotopic (exact) mass is 277 g/mol. The molecule has 0 aromatic carbocycles. The predicted octanol–water partition coefficient (Wildman–Crippen LogP) is 2.53. The molecule has 5 nitrogen and oxygen atoms in total. The number of esters is 1. The van der Waals surface area contributed by atoms with E-state index in [0.29, 0.717) is 17.2 Å². The summed E-state index contributed by atoms with van der Waals surface area (Å²) < 4.78 is 6.89. The first-order valence-corrected chi connectivity index (χ1v) is 6.73. The second-order valence-corrected chi connectivity index (χ2v) is 4.95. The van der Waals surface area contributed by atoms with Gasteiger partial charge in [0.1, 0.15) is 15.7 Å². The molecule has 0 radical (unpaired) electrons. The van der Waals surface area contributed by atoms with Crippen LogP contribution in [0, 0.1) is 6.92 Å². The maximum absolute atomic E-state index is 11.7. The largest absolute Gasteiger partial charge is 0.462 e. The summed E-state index contributed by atoms with van der Waals surface area (Å²) in [4.78, 5) is 20.8. The predicted molar refractivity (Wildman–Crippen MR) is 74.9 cm³/mol. The van der Waals surface area contributed by atoms with Gasteiger partial charge in [0, 0.05) is 19.4 Å². The Hall–Kier alpha value is -1.95. The van der Waals surface area contributed by atoms with Crippen molar-refractivity contribution >= 4 is 29.5 Å². The molecule has 0 spiro atoms. The fraction of sp³-hybridized carbons (Fsp3) is 0.308. The van der Waals surface area contributed by atoms with Gasteiger partial charge in [0.05, 0.1) is 12.3 Å². The lowest BCUT2D eigenvalue weighted by molar-refractivity contribution is 0.0531. The van der Waals surface area contributed by atoms with Crippen LogP contribution in [0.1, 0.15) is 33.1 Å². The summed E-state index contributed by atoms with van der Waals surface area (Å²) in [6.45, 7) is 3.96. The third-order valence-electron chi connectivity index (χ3n) is 2.51. The molecular formula is C13H15N3O2S. The number of thiazole rings is 1. The third-order valence-corrected chi connectivity index (χ3v) is 3.61. The molecule has 0 atom stereocenters. The fourth-order valence-corrected chi connectivity index (χ4v) is 2.42. The number of ether oxygens (including phenoxy) is 1. The topological polar surface area (TPSA) is 57.0 Å². The molecule has 2 rings (SSSR count). The molecule has 100 valence electrons. The highest BCUT2D eigenvalue weighted by Gasteiger charge is 2.15. The van der Waals surface area contributed by atoms with Crippen LogP contribution >= 0.6 is 11.3 Å². The van der Waals surface area contributed by atoms with Crippen LogP contribution in [0.4, 0.5) is 0 Å². The number of hydrogen-bond acceptors (Lipinski definition) is 5. The van der Waals surface area contributed by atoms with Crippen molar-refractivity contribution < 1.29 is 9.53 Å². The molecule has 0 bridgehead atoms. The number of carbonyl (C=O) groups excluding carboxylic acids is 1. The SMILES string of the molecule is CCOC(=O)c1sc(/C=C/c2nccn2C)nc1C. The Morgan fingerprint density at radius 2 is 2.32 bits per heavy atom. The number of aryl methyl sites for hydroxylation is 2. The maximum atomic E-state index is 11.7. The number of nitrogens with zero attached hydrogens (tertiary/aromatic N) is 3. The van der Waals surface area contributed by atoms with Gasteiger partial charge >= 0.3 is 5.97 Å². The van der Waals surface area contributed by atoms with Crippen molar-refractivity contribution in [3.05, 3.63) is 33.8 Å². The molecule has 6 heteroatoms. The number of imidazole rings is 1. The van der Waals surface area contributed by atoms with Gasteiger partial charge in [-0.1, -0.05) is 0 Å². The Bertz CT molecular complexity index is 613. The van der Waals surface area contributed by atoms with Gasteiger partial charge in [0.25, 0.3) is 0 Å². The van der Waals surface area contributed by atoms with E-state index in [1.165, 1.54) is 11.3 Å². The van der Waals surface area contributed by atoms with Crippen molar-refractivity contribution in [3.63, 3.8) is 0 Å². The zero-order valence-corrected chi connectivity index (χ0v) is 11.9. The van der Waals surface area contributed by atoms with E-state index in [1.54, 1.807) is 20.0 Å². The van der Waals surface area contributed by atoms with Crippen molar-refractivity contribution in [2.45, 2.75) is 13.8 Å². The smallest absolute Gasteiger partial charge is 0.350 e. The quantitative estimate of drug-likeness (QED) is 0.806. The minimum absolute atomic E-state index is 0.311. The van der Waals surface area contributed by atoms with Gasteiger partial charge in [0.2, 0.25) is 0 Å². The summed E-state index contributed by atoms with van der Waals surface area (Å²) in [5, 5.41) is 0.767. The Morgan fingerprint density at radius 3 is 2.95 bits per heavy atom. The zero-order chi connectivity index (χ0) is 13.8. The van der Waals surface area contributed by atoms with E-state index in [1.807, 2.05) is 30.0 Å². The van der Waals surface area contributed by atoms with Gasteiger partial charge in [0.15, 0.2) is 0 Å². The highest BCUT2D eigenvalue weighted by atomic mass is 32.1. The van der Waals surface area contributed by atoms with Crippen LogP contribution in [0.15, 0.2) is 12.4 Å². The Morgan fingerprint density at radius 1 is 1.53 bits per heavy atom. The number of carbonyl (C=O) groups is 1. The maximum Gasteiger partial charge on any atom is 0.350 e. The summed E-state index contributed by atoms with van der Waals surface area (Å²) in [5.41, 5.74) is 0.697. The van der Waals surface area contributed by atoms with E-state index in [9.17, 15) is 4.79 Å². The van der Waals surface area contributed by atoms with Gasteiger partial charge in [-0.05, 0) is 26.0 Å². The molecule has 0 aliphatic rings. The molecule has 0 unspecified atom stereocenters. The number of hydrogen-bond donors (Lipinski definition) is 0. The normalized spacial score (nSPS) is 11.1. The van der Waals surface area contributed by atoms with Crippen LogP contribution in [0.3, 0.4) is 0 Å². The van der Waals surface area contributed by atoms with Crippen LogP contribution in [-0.4, -0.2) is 27.1 Å². The molecular weight excluding hydrogens is 262 g/mol. The van der Waals surface area contributed by atoms with E-state index in [-0.39, 0.29) is 5.97 Å². The van der Waals surface area contributed by atoms with Crippen molar-refractivity contribution in [2.24, 2.45) is 7.05 Å². The van der Waals surface area contributed by atoms with Crippen LogP contribution in [-0.2, 0) is 11.8 Å². The average molecular weight is 277 g/mol. The molecule has 0 N–H and O–H groups in total. The lowest BCUT2D eigenvalue weighted by Gasteiger charge is -1.97. The lowest BCUT2D eigenvalue weighted by Crippen LogP contribution is -2.03. The molecule has 2 heterocycles. The second kappa shape index (κ2) is 5.79. The molecule has 19 heavy (non-hydrogen) atoms. The van der Waals surface area contributed by atoms with Gasteiger partial charge in [-0.25, -0.2) is 14.8 Å². The summed E-state index contributed by atoms with van der Waals surface area (Å²) in [7, 11) is 1.92. The first-order valence-electron chi connectivity index (χ1n) is 5.91. The van der Waals surface area contributed by atoms with E-state index in [0.717, 1.165) is 10.8 Å². The van der Waals surface area contributed by atoms with Gasteiger partial charge in [-0.15, -0.1) is 11.3 Å². The highest BCUT2D eigenvalue weighted by molar-refractivity contribution is 7.14. The second-order valence-electron chi connectivity index (χ2n) is 3.92. The molecule has 0 saturated heterocycles. The van der Waals surface area contributed by atoms with Gasteiger partial charge < -0.3 is 9.30 Å². The molecule has 0 amide bonds. The standard InChI is InChI=1S/C13H15N3O2S/c1-4-18-13(17)12-9(2)15-11(19-12)6-5-10-14-7-8-16(10)3/h5-8H,4H2,1-3H3/b6-5+. The van der Waals surface area contributed by atoms with Crippen LogP contribution < -0.4 is 0 Å². The van der Waals surface area contributed by atoms with Crippen molar-refractivity contribution in [1.29, 1.82) is 0 Å². The lowest BCUT2D eigenvalue weighted by atomic mass is 10.4. The molecule has 2 aromatic heterocycles. The summed E-state index contributed by atoms with van der Waals surface area (Å²) in [5.74, 6) is 0.527. The van der Waals surface area contributed by atoms with E-state index in [4.69, 9.17) is 4.74 Å². The Balaban J connectivity index is 2.19. The van der Waals surface area contributed by atoms with Crippen LogP contribution in [0.25, 0.3) is 12.2 Å². The first kappa shape index (κ1) is 13.5. The first-order chi connectivity index (χ1) is 9.11. The Labute approximate surface area is 115 Å². The molecule has 0 aliphatic carbocycles. The summed E-state index contributed by atoms with van der Waals surface area (Å²) in [6, 6.07) is 0. The minimum atomic E-state index is -0.311. The molecule has 0 aliphatic heterocycles. The van der Waals surface area contributed by atoms with Crippen LogP contribution in [0.2, 0.25) is 0 Å². The van der Waals surface area contributed by atoms with Crippen molar-refractivity contribution in [1.82, 2.24) is 14.5 Å². The average Bonchev–Trinajstić information content (AvgIpc) is 2.93. The highest BCUT2D eigenvalue weighted by Crippen LogP contribution is 2.20. The van der Waals surface area contributed by atoms with Gasteiger partial charge in [-0.3, -0.25) is 0 Å². The zero-order valence-electron chi connectivity index (χ0n) is 11.1. The third kappa shape index (κ3) is 3.08. The minimum Gasteiger partial charge on any atom is -0.462 e. The van der Waals surface area contributed by atoms with Crippen molar-refractivity contribution in [3.8, 4) is 0 Å². The fourth-order valence-electron chi connectivity index (χ4n) is 1.56. The van der Waals surface area contributed by atoms with E-state index >= 15 is 0 Å². The summed E-state index contributed by atoms with van der Waals surface area (Å²) in [6.07, 6.45) is 7.32. The number of aromatic nitrogens is 3. The molecule has 2 aromatic rings. The van der Waals surface area contributed by atoms with Crippen molar-refractivity contribution in [2.75, 3.05) is 6.61 Å². The molecule has 0 fully saturated rings. The van der Waals surface area contributed by atoms with Gasteiger partial charge in [-0.2, -0.15) is 0 Å². The molecule has 0 saturated carbocycles.